The maximum absolute atomic E-state index is 12.6. The molecule has 190 valence electrons. The highest BCUT2D eigenvalue weighted by Crippen LogP contribution is 2.42. The van der Waals surface area contributed by atoms with Crippen molar-refractivity contribution in [3.8, 4) is 0 Å². The van der Waals surface area contributed by atoms with Gasteiger partial charge in [0.2, 0.25) is 5.60 Å². The molecule has 2 N–H and O–H groups in total. The summed E-state index contributed by atoms with van der Waals surface area (Å²) in [6.45, 7) is 2.87. The van der Waals surface area contributed by atoms with Crippen molar-refractivity contribution in [2.45, 2.75) is 75.5 Å². The smallest absolute Gasteiger partial charge is 0.347 e. The van der Waals surface area contributed by atoms with Gasteiger partial charge in [-0.2, -0.15) is 0 Å². The lowest BCUT2D eigenvalue weighted by molar-refractivity contribution is -0.170. The van der Waals surface area contributed by atoms with E-state index in [4.69, 9.17) is 14.6 Å². The van der Waals surface area contributed by atoms with Crippen LogP contribution in [0, 0.1) is 0 Å². The molecule has 1 aliphatic carbocycles. The Kier molecular flexibility index (Phi) is 11.5. The molecule has 0 saturated heterocycles. The number of carboxylic acid groups (broad SMARTS) is 1. The third kappa shape index (κ3) is 7.35. The van der Waals surface area contributed by atoms with E-state index in [-0.39, 0.29) is 12.7 Å². The Bertz CT molecular complexity index is 769. The second-order valence-electron chi connectivity index (χ2n) is 9.07. The SMILES string of the molecule is CN(CCCOCCCCCCO)C1CCC(OC(C(=O)O)(c2cccs2)c2cccs2)CC1. The van der Waals surface area contributed by atoms with Crippen LogP contribution in [0.1, 0.15) is 67.5 Å². The van der Waals surface area contributed by atoms with Gasteiger partial charge in [-0.25, -0.2) is 4.79 Å². The van der Waals surface area contributed by atoms with E-state index in [2.05, 4.69) is 11.9 Å². The number of thiophene rings is 2. The lowest BCUT2D eigenvalue weighted by Crippen LogP contribution is -2.44. The normalized spacial score (nSPS) is 19.0. The summed E-state index contributed by atoms with van der Waals surface area (Å²) in [5.74, 6) is -0.940. The molecule has 0 unspecified atom stereocenters. The van der Waals surface area contributed by atoms with Crippen LogP contribution in [0.5, 0.6) is 0 Å². The number of aliphatic hydroxyl groups is 1. The van der Waals surface area contributed by atoms with Crippen molar-refractivity contribution in [1.29, 1.82) is 0 Å². The summed E-state index contributed by atoms with van der Waals surface area (Å²) in [4.78, 5) is 16.5. The number of nitrogens with zero attached hydrogens (tertiary/aromatic N) is 1. The fraction of sp³-hybridized carbons (Fsp3) is 0.654. The molecule has 2 heterocycles. The van der Waals surface area contributed by atoms with Gasteiger partial charge >= 0.3 is 5.97 Å². The minimum absolute atomic E-state index is 0.0703. The molecular formula is C26H39NO5S2. The van der Waals surface area contributed by atoms with Crippen molar-refractivity contribution in [3.63, 3.8) is 0 Å². The van der Waals surface area contributed by atoms with Crippen LogP contribution in [0.4, 0.5) is 0 Å². The van der Waals surface area contributed by atoms with Crippen LogP contribution in [0.3, 0.4) is 0 Å². The molecule has 6 nitrogen and oxygen atoms in total. The fourth-order valence-electron chi connectivity index (χ4n) is 4.68. The van der Waals surface area contributed by atoms with E-state index in [1.54, 1.807) is 0 Å². The Morgan fingerprint density at radius 3 is 2.18 bits per heavy atom. The molecule has 1 saturated carbocycles. The van der Waals surface area contributed by atoms with Gasteiger partial charge in [-0.1, -0.05) is 25.0 Å². The van der Waals surface area contributed by atoms with Crippen LogP contribution < -0.4 is 0 Å². The Balaban J connectivity index is 1.43. The second kappa shape index (κ2) is 14.3. The van der Waals surface area contributed by atoms with Gasteiger partial charge < -0.3 is 24.6 Å². The number of aliphatic carboxylic acids is 1. The van der Waals surface area contributed by atoms with Gasteiger partial charge in [-0.05, 0) is 74.9 Å². The van der Waals surface area contributed by atoms with Crippen molar-refractivity contribution in [1.82, 2.24) is 4.90 Å². The first-order valence-electron chi connectivity index (χ1n) is 12.5. The number of carboxylic acids is 1. The number of aliphatic hydroxyl groups excluding tert-OH is 1. The van der Waals surface area contributed by atoms with Gasteiger partial charge in [0, 0.05) is 32.4 Å². The van der Waals surface area contributed by atoms with E-state index < -0.39 is 11.6 Å². The summed E-state index contributed by atoms with van der Waals surface area (Å²) in [6.07, 6.45) is 8.84. The molecule has 1 aliphatic rings. The summed E-state index contributed by atoms with van der Waals surface area (Å²) in [5, 5.41) is 22.9. The fourth-order valence-corrected chi connectivity index (χ4v) is 6.49. The highest BCUT2D eigenvalue weighted by molar-refractivity contribution is 7.12. The molecule has 2 aromatic rings. The van der Waals surface area contributed by atoms with Crippen LogP contribution in [0.15, 0.2) is 35.0 Å². The molecule has 0 aromatic carbocycles. The molecule has 8 heteroatoms. The Morgan fingerprint density at radius 1 is 1.00 bits per heavy atom. The predicted molar refractivity (Wildman–Crippen MR) is 138 cm³/mol. The maximum atomic E-state index is 12.6. The molecule has 0 atom stereocenters. The van der Waals surface area contributed by atoms with Gasteiger partial charge in [0.25, 0.3) is 0 Å². The maximum Gasteiger partial charge on any atom is 0.347 e. The molecule has 0 amide bonds. The summed E-state index contributed by atoms with van der Waals surface area (Å²) >= 11 is 2.88. The number of carbonyl (C=O) groups is 1. The van der Waals surface area contributed by atoms with Crippen molar-refractivity contribution in [2.75, 3.05) is 33.4 Å². The average Bonchev–Trinajstić information content (AvgIpc) is 3.57. The highest BCUT2D eigenvalue weighted by atomic mass is 32.1. The van der Waals surface area contributed by atoms with E-state index >= 15 is 0 Å². The van der Waals surface area contributed by atoms with Crippen LogP contribution in [-0.2, 0) is 19.9 Å². The van der Waals surface area contributed by atoms with Crippen molar-refractivity contribution in [3.05, 3.63) is 44.8 Å². The number of rotatable bonds is 16. The van der Waals surface area contributed by atoms with Crippen molar-refractivity contribution in [2.24, 2.45) is 0 Å². The van der Waals surface area contributed by atoms with Crippen LogP contribution in [0.2, 0.25) is 0 Å². The molecule has 1 fully saturated rings. The van der Waals surface area contributed by atoms with Crippen LogP contribution in [0.25, 0.3) is 0 Å². The van der Waals surface area contributed by atoms with Crippen molar-refractivity contribution < 1.29 is 24.5 Å². The zero-order valence-corrected chi connectivity index (χ0v) is 21.8. The minimum Gasteiger partial charge on any atom is -0.479 e. The number of ether oxygens (including phenoxy) is 2. The van der Waals surface area contributed by atoms with Crippen LogP contribution in [-0.4, -0.2) is 66.6 Å². The summed E-state index contributed by atoms with van der Waals surface area (Å²) in [6, 6.07) is 8.02. The molecule has 0 radical (unpaired) electrons. The zero-order chi connectivity index (χ0) is 24.2. The first kappa shape index (κ1) is 27.3. The molecule has 3 rings (SSSR count). The van der Waals surface area contributed by atoms with Gasteiger partial charge in [0.05, 0.1) is 15.9 Å². The molecule has 2 aromatic heterocycles. The molecular weight excluding hydrogens is 470 g/mol. The summed E-state index contributed by atoms with van der Waals surface area (Å²) in [5.41, 5.74) is -1.42. The third-order valence-electron chi connectivity index (χ3n) is 6.64. The lowest BCUT2D eigenvalue weighted by Gasteiger charge is -2.38. The number of hydrogen-bond donors (Lipinski definition) is 2. The lowest BCUT2D eigenvalue weighted by atomic mass is 9.90. The monoisotopic (exact) mass is 509 g/mol. The molecule has 0 bridgehead atoms. The molecule has 0 aliphatic heterocycles. The van der Waals surface area contributed by atoms with Gasteiger partial charge in [-0.15, -0.1) is 22.7 Å². The number of hydrogen-bond acceptors (Lipinski definition) is 7. The second-order valence-corrected chi connectivity index (χ2v) is 11.0. The Hall–Kier alpha value is -1.29. The molecule has 0 spiro atoms. The van der Waals surface area contributed by atoms with Gasteiger partial charge in [0.1, 0.15) is 0 Å². The van der Waals surface area contributed by atoms with Crippen LogP contribution >= 0.6 is 22.7 Å². The average molecular weight is 510 g/mol. The zero-order valence-electron chi connectivity index (χ0n) is 20.2. The van der Waals surface area contributed by atoms with E-state index in [1.165, 1.54) is 22.7 Å². The topological polar surface area (TPSA) is 79.2 Å². The van der Waals surface area contributed by atoms with E-state index in [9.17, 15) is 9.90 Å². The standard InChI is InChI=1S/C26H39NO5S2/c1-27(15-8-18-31-17-5-3-2-4-16-28)21-11-13-22(14-12-21)32-26(25(29)30,23-9-6-19-33-23)24-10-7-20-34-24/h6-7,9-10,19-22,28H,2-5,8,11-18H2,1H3,(H,29,30). The molecule has 34 heavy (non-hydrogen) atoms. The largest absolute Gasteiger partial charge is 0.479 e. The van der Waals surface area contributed by atoms with E-state index in [0.717, 1.165) is 87.3 Å². The highest BCUT2D eigenvalue weighted by Gasteiger charge is 2.48. The van der Waals surface area contributed by atoms with E-state index in [1.807, 2.05) is 35.0 Å². The van der Waals surface area contributed by atoms with Crippen molar-refractivity contribution >= 4 is 28.6 Å². The Morgan fingerprint density at radius 2 is 1.62 bits per heavy atom. The van der Waals surface area contributed by atoms with Gasteiger partial charge in [-0.3, -0.25) is 0 Å². The van der Waals surface area contributed by atoms with Gasteiger partial charge in [0.15, 0.2) is 0 Å². The predicted octanol–water partition coefficient (Wildman–Crippen LogP) is 5.36. The quantitative estimate of drug-likeness (QED) is 0.297. The van der Waals surface area contributed by atoms with E-state index in [0.29, 0.717) is 6.04 Å². The Labute approximate surface area is 211 Å². The summed E-state index contributed by atoms with van der Waals surface area (Å²) in [7, 11) is 2.18. The summed E-state index contributed by atoms with van der Waals surface area (Å²) < 4.78 is 12.2. The first-order valence-corrected chi connectivity index (χ1v) is 14.2. The number of unbranched alkanes of at least 4 members (excludes halogenated alkanes) is 3. The third-order valence-corrected chi connectivity index (χ3v) is 8.59. The minimum atomic E-state index is -1.42. The first-order chi connectivity index (χ1) is 16.6.